The standard InChI is InChI=1S/C23H24N6O2/c1-15-11-17-3-2-6-24-21(17)18(12-15)27-22(30)19-13-26-20(14-25-19)28-7-9-29(10-8-28)23(31)16-4-5-16/h2-3,6,11-14,16H,4-5,7-10H2,1H3,(H,27,30). The Kier molecular flexibility index (Phi) is 4.97. The molecule has 0 atom stereocenters. The molecule has 0 spiro atoms. The summed E-state index contributed by atoms with van der Waals surface area (Å²) in [4.78, 5) is 42.2. The Bertz CT molecular complexity index is 1130. The fraction of sp³-hybridized carbons (Fsp3) is 0.348. The van der Waals surface area contributed by atoms with Crippen LogP contribution in [0.15, 0.2) is 42.9 Å². The lowest BCUT2D eigenvalue weighted by Crippen LogP contribution is -2.49. The van der Waals surface area contributed by atoms with E-state index < -0.39 is 0 Å². The van der Waals surface area contributed by atoms with Gasteiger partial charge in [0.2, 0.25) is 5.91 Å². The number of amides is 2. The van der Waals surface area contributed by atoms with Gasteiger partial charge in [-0.2, -0.15) is 0 Å². The van der Waals surface area contributed by atoms with Crippen molar-refractivity contribution in [1.82, 2.24) is 19.9 Å². The van der Waals surface area contributed by atoms with E-state index in [1.807, 2.05) is 36.1 Å². The van der Waals surface area contributed by atoms with Crippen LogP contribution in [0.4, 0.5) is 11.5 Å². The summed E-state index contributed by atoms with van der Waals surface area (Å²) in [6.07, 6.45) is 6.89. The molecule has 31 heavy (non-hydrogen) atoms. The number of hydrogen-bond donors (Lipinski definition) is 1. The second kappa shape index (κ2) is 7.94. The molecule has 1 saturated carbocycles. The molecule has 158 valence electrons. The molecule has 0 bridgehead atoms. The number of aryl methyl sites for hydroxylation is 1. The van der Waals surface area contributed by atoms with Crippen molar-refractivity contribution in [1.29, 1.82) is 0 Å². The van der Waals surface area contributed by atoms with E-state index >= 15 is 0 Å². The highest BCUT2D eigenvalue weighted by Gasteiger charge is 2.34. The summed E-state index contributed by atoms with van der Waals surface area (Å²) in [5.74, 6) is 0.940. The molecule has 2 aromatic heterocycles. The second-order valence-corrected chi connectivity index (χ2v) is 8.19. The molecule has 2 aliphatic rings. The highest BCUT2D eigenvalue weighted by Crippen LogP contribution is 2.31. The normalized spacial score (nSPS) is 16.4. The van der Waals surface area contributed by atoms with Crippen LogP contribution in [0.3, 0.4) is 0 Å². The molecular weight excluding hydrogens is 392 g/mol. The van der Waals surface area contributed by atoms with Gasteiger partial charge in [0.05, 0.1) is 23.6 Å². The molecule has 1 aromatic carbocycles. The van der Waals surface area contributed by atoms with E-state index in [4.69, 9.17) is 0 Å². The van der Waals surface area contributed by atoms with Gasteiger partial charge in [-0.1, -0.05) is 6.07 Å². The van der Waals surface area contributed by atoms with Crippen LogP contribution in [0.2, 0.25) is 0 Å². The number of anilines is 2. The van der Waals surface area contributed by atoms with Crippen LogP contribution in [0.5, 0.6) is 0 Å². The molecule has 3 aromatic rings. The number of carbonyl (C=O) groups is 2. The number of nitrogens with one attached hydrogen (secondary N) is 1. The molecule has 5 rings (SSSR count). The van der Waals surface area contributed by atoms with Crippen molar-refractivity contribution in [3.05, 3.63) is 54.1 Å². The second-order valence-electron chi connectivity index (χ2n) is 8.19. The van der Waals surface area contributed by atoms with Crippen LogP contribution >= 0.6 is 0 Å². The van der Waals surface area contributed by atoms with Crippen LogP contribution in [0.25, 0.3) is 10.9 Å². The van der Waals surface area contributed by atoms with Crippen molar-refractivity contribution in [2.75, 3.05) is 36.4 Å². The van der Waals surface area contributed by atoms with Crippen molar-refractivity contribution in [2.24, 2.45) is 5.92 Å². The van der Waals surface area contributed by atoms with Crippen molar-refractivity contribution in [3.63, 3.8) is 0 Å². The van der Waals surface area contributed by atoms with Crippen LogP contribution in [0.1, 0.15) is 28.9 Å². The Morgan fingerprint density at radius 2 is 1.84 bits per heavy atom. The smallest absolute Gasteiger partial charge is 0.275 e. The molecular formula is C23H24N6O2. The number of carbonyl (C=O) groups excluding carboxylic acids is 2. The minimum atomic E-state index is -0.323. The Labute approximate surface area is 180 Å². The van der Waals surface area contributed by atoms with Gasteiger partial charge in [0.25, 0.3) is 5.91 Å². The highest BCUT2D eigenvalue weighted by atomic mass is 16.2. The number of aromatic nitrogens is 3. The van der Waals surface area contributed by atoms with Gasteiger partial charge < -0.3 is 15.1 Å². The summed E-state index contributed by atoms with van der Waals surface area (Å²) in [7, 11) is 0. The van der Waals surface area contributed by atoms with E-state index in [-0.39, 0.29) is 23.4 Å². The van der Waals surface area contributed by atoms with E-state index in [0.29, 0.717) is 18.8 Å². The summed E-state index contributed by atoms with van der Waals surface area (Å²) in [6, 6.07) is 7.78. The average molecular weight is 416 g/mol. The third-order valence-corrected chi connectivity index (χ3v) is 5.81. The summed E-state index contributed by atoms with van der Waals surface area (Å²) in [5.41, 5.74) is 2.68. The zero-order valence-electron chi connectivity index (χ0n) is 17.4. The largest absolute Gasteiger partial charge is 0.352 e. The van der Waals surface area contributed by atoms with Crippen molar-refractivity contribution >= 4 is 34.2 Å². The topological polar surface area (TPSA) is 91.3 Å². The minimum absolute atomic E-state index is 0.247. The maximum atomic E-state index is 12.7. The molecule has 1 aliphatic heterocycles. The molecule has 0 radical (unpaired) electrons. The number of hydrogen-bond acceptors (Lipinski definition) is 6. The predicted molar refractivity (Wildman–Crippen MR) is 118 cm³/mol. The molecule has 8 nitrogen and oxygen atoms in total. The Morgan fingerprint density at radius 1 is 1.03 bits per heavy atom. The van der Waals surface area contributed by atoms with Crippen LogP contribution in [0, 0.1) is 12.8 Å². The molecule has 1 aliphatic carbocycles. The summed E-state index contributed by atoms with van der Waals surface area (Å²) in [6.45, 7) is 4.83. The number of rotatable bonds is 4. The number of pyridine rings is 1. The summed E-state index contributed by atoms with van der Waals surface area (Å²) < 4.78 is 0. The third kappa shape index (κ3) is 4.05. The number of piperazine rings is 1. The predicted octanol–water partition coefficient (Wildman–Crippen LogP) is 2.64. The fourth-order valence-electron chi connectivity index (χ4n) is 3.97. The van der Waals surface area contributed by atoms with Crippen molar-refractivity contribution in [2.45, 2.75) is 19.8 Å². The van der Waals surface area contributed by atoms with Gasteiger partial charge in [-0.15, -0.1) is 0 Å². The molecule has 1 saturated heterocycles. The monoisotopic (exact) mass is 416 g/mol. The first-order valence-electron chi connectivity index (χ1n) is 10.6. The van der Waals surface area contributed by atoms with Gasteiger partial charge in [-0.25, -0.2) is 9.97 Å². The molecule has 3 heterocycles. The molecule has 2 amide bonds. The molecule has 0 unspecified atom stereocenters. The first-order chi connectivity index (χ1) is 15.1. The highest BCUT2D eigenvalue weighted by molar-refractivity contribution is 6.07. The van der Waals surface area contributed by atoms with Crippen LogP contribution in [-0.4, -0.2) is 57.8 Å². The molecule has 1 N–H and O–H groups in total. The average Bonchev–Trinajstić information content (AvgIpc) is 3.64. The zero-order chi connectivity index (χ0) is 21.4. The maximum Gasteiger partial charge on any atom is 0.275 e. The molecule has 2 fully saturated rings. The van der Waals surface area contributed by atoms with Gasteiger partial charge in [-0.3, -0.25) is 14.6 Å². The number of fused-ring (bicyclic) bond motifs is 1. The van der Waals surface area contributed by atoms with Gasteiger partial charge in [0.15, 0.2) is 0 Å². The van der Waals surface area contributed by atoms with E-state index in [1.54, 1.807) is 12.4 Å². The number of nitrogens with zero attached hydrogens (tertiary/aromatic N) is 5. The fourth-order valence-corrected chi connectivity index (χ4v) is 3.97. The first kappa shape index (κ1) is 19.4. The SMILES string of the molecule is Cc1cc(NC(=O)c2cnc(N3CCN(C(=O)C4CC4)CC3)cn2)c2ncccc2c1. The van der Waals surface area contributed by atoms with Crippen LogP contribution < -0.4 is 10.2 Å². The van der Waals surface area contributed by atoms with Gasteiger partial charge in [0.1, 0.15) is 11.5 Å². The number of benzene rings is 1. The Morgan fingerprint density at radius 3 is 2.55 bits per heavy atom. The summed E-state index contributed by atoms with van der Waals surface area (Å²) in [5, 5.41) is 3.88. The molecule has 8 heteroatoms. The van der Waals surface area contributed by atoms with E-state index in [1.165, 1.54) is 6.20 Å². The van der Waals surface area contributed by atoms with Crippen molar-refractivity contribution < 1.29 is 9.59 Å². The van der Waals surface area contributed by atoms with E-state index in [2.05, 4.69) is 25.2 Å². The summed E-state index contributed by atoms with van der Waals surface area (Å²) >= 11 is 0. The Balaban J connectivity index is 1.25. The lowest BCUT2D eigenvalue weighted by atomic mass is 10.1. The maximum absolute atomic E-state index is 12.7. The van der Waals surface area contributed by atoms with Crippen LogP contribution in [-0.2, 0) is 4.79 Å². The third-order valence-electron chi connectivity index (χ3n) is 5.81. The van der Waals surface area contributed by atoms with E-state index in [9.17, 15) is 9.59 Å². The van der Waals surface area contributed by atoms with E-state index in [0.717, 1.165) is 48.2 Å². The minimum Gasteiger partial charge on any atom is -0.352 e. The lowest BCUT2D eigenvalue weighted by Gasteiger charge is -2.35. The lowest BCUT2D eigenvalue weighted by molar-refractivity contribution is -0.132. The van der Waals surface area contributed by atoms with Gasteiger partial charge >= 0.3 is 0 Å². The van der Waals surface area contributed by atoms with Gasteiger partial charge in [0, 0.05) is 43.7 Å². The first-order valence-corrected chi connectivity index (χ1v) is 10.6. The quantitative estimate of drug-likeness (QED) is 0.703. The Hall–Kier alpha value is -3.55. The zero-order valence-corrected chi connectivity index (χ0v) is 17.4. The van der Waals surface area contributed by atoms with Gasteiger partial charge in [-0.05, 0) is 43.5 Å². The van der Waals surface area contributed by atoms with Crippen molar-refractivity contribution in [3.8, 4) is 0 Å².